The highest BCUT2D eigenvalue weighted by atomic mass is 79.9. The van der Waals surface area contributed by atoms with Gasteiger partial charge in [-0.3, -0.25) is 9.59 Å². The van der Waals surface area contributed by atoms with Crippen molar-refractivity contribution < 1.29 is 9.59 Å². The van der Waals surface area contributed by atoms with E-state index in [2.05, 4.69) is 32.6 Å². The van der Waals surface area contributed by atoms with Crippen LogP contribution in [0.4, 0.5) is 5.69 Å². The average molecular weight is 593 g/mol. The maximum Gasteiger partial charge on any atom is 0.254 e. The van der Waals surface area contributed by atoms with Crippen LogP contribution in [0, 0.1) is 18.3 Å². The van der Waals surface area contributed by atoms with Crippen molar-refractivity contribution in [3.8, 4) is 6.07 Å². The maximum absolute atomic E-state index is 13.6. The molecule has 1 heterocycles. The molecule has 0 spiro atoms. The molecule has 0 aliphatic carbocycles. The number of Topliss-reactive ketones (excluding diaryl/α,β-unsaturated/α-hetero) is 1. The predicted octanol–water partition coefficient (Wildman–Crippen LogP) is 7.36. The van der Waals surface area contributed by atoms with E-state index in [1.54, 1.807) is 31.2 Å². The predicted molar refractivity (Wildman–Crippen MR) is 153 cm³/mol. The summed E-state index contributed by atoms with van der Waals surface area (Å²) in [5.41, 5.74) is 4.17. The topological polar surface area (TPSA) is 82.0 Å². The number of anilines is 1. The fourth-order valence-corrected chi connectivity index (χ4v) is 5.60. The molecule has 0 aromatic heterocycles. The lowest BCUT2D eigenvalue weighted by molar-refractivity contribution is -0.113. The smallest absolute Gasteiger partial charge is 0.254 e. The first-order chi connectivity index (χ1) is 17.8. The Morgan fingerprint density at radius 2 is 1.73 bits per heavy atom. The third-order valence-electron chi connectivity index (χ3n) is 6.02. The van der Waals surface area contributed by atoms with Gasteiger partial charge in [0.1, 0.15) is 0 Å². The molecule has 0 fully saturated rings. The average Bonchev–Trinajstić information content (AvgIpc) is 2.88. The van der Waals surface area contributed by atoms with Gasteiger partial charge in [-0.2, -0.15) is 5.26 Å². The molecule has 1 aliphatic rings. The van der Waals surface area contributed by atoms with E-state index in [9.17, 15) is 14.9 Å². The van der Waals surface area contributed by atoms with Gasteiger partial charge >= 0.3 is 0 Å². The van der Waals surface area contributed by atoms with E-state index in [1.165, 1.54) is 11.8 Å². The Balaban J connectivity index is 1.70. The van der Waals surface area contributed by atoms with Gasteiger partial charge in [-0.25, -0.2) is 0 Å². The van der Waals surface area contributed by atoms with Gasteiger partial charge in [0.05, 0.1) is 28.3 Å². The van der Waals surface area contributed by atoms with Crippen molar-refractivity contribution in [2.24, 2.45) is 0 Å². The Morgan fingerprint density at radius 1 is 1.05 bits per heavy atom. The quantitative estimate of drug-likeness (QED) is 0.280. The number of para-hydroxylation sites is 1. The van der Waals surface area contributed by atoms with Gasteiger partial charge in [0.2, 0.25) is 0 Å². The van der Waals surface area contributed by atoms with Gasteiger partial charge in [-0.05, 0) is 49.2 Å². The number of ketones is 1. The van der Waals surface area contributed by atoms with Crippen molar-refractivity contribution in [1.82, 2.24) is 5.32 Å². The monoisotopic (exact) mass is 591 g/mol. The minimum Gasteiger partial charge on any atom is -0.353 e. The molecule has 3 aromatic rings. The molecule has 5 nitrogen and oxygen atoms in total. The summed E-state index contributed by atoms with van der Waals surface area (Å²) in [6.07, 6.45) is 0. The van der Waals surface area contributed by atoms with E-state index in [-0.39, 0.29) is 17.4 Å². The fourth-order valence-electron chi connectivity index (χ4n) is 4.11. The van der Waals surface area contributed by atoms with Crippen LogP contribution in [0.25, 0.3) is 0 Å². The van der Waals surface area contributed by atoms with Gasteiger partial charge in [0.25, 0.3) is 5.91 Å². The minimum atomic E-state index is -0.700. The maximum atomic E-state index is 13.6. The number of halogens is 2. The number of nitrogens with one attached hydrogen (secondary N) is 2. The number of amides is 1. The molecule has 0 unspecified atom stereocenters. The van der Waals surface area contributed by atoms with Crippen LogP contribution < -0.4 is 10.6 Å². The molecule has 37 heavy (non-hydrogen) atoms. The second-order valence-electron chi connectivity index (χ2n) is 8.46. The number of hydrogen-bond acceptors (Lipinski definition) is 5. The number of hydrogen-bond donors (Lipinski definition) is 2. The largest absolute Gasteiger partial charge is 0.353 e. The Bertz CT molecular complexity index is 1470. The molecule has 0 saturated heterocycles. The standard InChI is InChI=1S/C29H23BrClN3O2S/c1-17-7-3-6-10-24(17)34-28(36)26-18(2)33-29(37-16-25(35)19-11-13-20(30)14-12-19)22(15-32)27(26)21-8-4-5-9-23(21)31/h3-14,27,33H,16H2,1-2H3,(H,34,36)/t27-/m0/s1. The van der Waals surface area contributed by atoms with Gasteiger partial charge in [0, 0.05) is 32.0 Å². The molecule has 4 rings (SSSR count). The van der Waals surface area contributed by atoms with Gasteiger partial charge in [0.15, 0.2) is 5.78 Å². The number of dihydropyridines is 1. The molecule has 1 aliphatic heterocycles. The van der Waals surface area contributed by atoms with Crippen LogP contribution in [0.1, 0.15) is 34.3 Å². The summed E-state index contributed by atoms with van der Waals surface area (Å²) in [4.78, 5) is 26.4. The van der Waals surface area contributed by atoms with Crippen molar-refractivity contribution >= 4 is 56.7 Å². The van der Waals surface area contributed by atoms with Gasteiger partial charge in [-0.1, -0.05) is 87.8 Å². The lowest BCUT2D eigenvalue weighted by atomic mass is 9.82. The molecular formula is C29H23BrClN3O2S. The van der Waals surface area contributed by atoms with Crippen LogP contribution in [0.15, 0.2) is 99.1 Å². The Labute approximate surface area is 233 Å². The number of carbonyl (C=O) groups excluding carboxylic acids is 2. The first kappa shape index (κ1) is 26.7. The molecular weight excluding hydrogens is 570 g/mol. The van der Waals surface area contributed by atoms with Gasteiger partial charge in [-0.15, -0.1) is 0 Å². The Hall–Kier alpha value is -3.31. The van der Waals surface area contributed by atoms with Crippen molar-refractivity contribution in [2.75, 3.05) is 11.1 Å². The Kier molecular flexibility index (Phi) is 8.55. The van der Waals surface area contributed by atoms with E-state index < -0.39 is 5.92 Å². The second kappa shape index (κ2) is 11.8. The summed E-state index contributed by atoms with van der Waals surface area (Å²) in [6, 6.07) is 24.1. The summed E-state index contributed by atoms with van der Waals surface area (Å²) in [5, 5.41) is 17.5. The van der Waals surface area contributed by atoms with Crippen LogP contribution in [-0.2, 0) is 4.79 Å². The number of benzene rings is 3. The van der Waals surface area contributed by atoms with E-state index in [0.717, 1.165) is 10.0 Å². The lowest BCUT2D eigenvalue weighted by Crippen LogP contribution is -2.31. The molecule has 186 valence electrons. The van der Waals surface area contributed by atoms with E-state index >= 15 is 0 Å². The molecule has 0 radical (unpaired) electrons. The van der Waals surface area contributed by atoms with Crippen molar-refractivity contribution in [1.29, 1.82) is 5.26 Å². The zero-order valence-electron chi connectivity index (χ0n) is 20.1. The number of allylic oxidation sites excluding steroid dienone is 2. The van der Waals surface area contributed by atoms with Crippen molar-refractivity contribution in [2.45, 2.75) is 19.8 Å². The number of nitrogens with zero attached hydrogens (tertiary/aromatic N) is 1. The third-order valence-corrected chi connectivity index (χ3v) is 7.91. The summed E-state index contributed by atoms with van der Waals surface area (Å²) < 4.78 is 0.889. The molecule has 0 saturated carbocycles. The first-order valence-electron chi connectivity index (χ1n) is 11.4. The number of nitriles is 1. The lowest BCUT2D eigenvalue weighted by Gasteiger charge is -2.30. The second-order valence-corrected chi connectivity index (χ2v) is 10.8. The van der Waals surface area contributed by atoms with Crippen molar-refractivity contribution in [3.63, 3.8) is 0 Å². The van der Waals surface area contributed by atoms with Crippen LogP contribution >= 0.6 is 39.3 Å². The highest BCUT2D eigenvalue weighted by molar-refractivity contribution is 9.10. The van der Waals surface area contributed by atoms with Crippen LogP contribution in [0.2, 0.25) is 5.02 Å². The summed E-state index contributed by atoms with van der Waals surface area (Å²) in [5.74, 6) is -0.966. The first-order valence-corrected chi connectivity index (χ1v) is 13.6. The van der Waals surface area contributed by atoms with Gasteiger partial charge < -0.3 is 10.6 Å². The normalized spacial score (nSPS) is 15.2. The van der Waals surface area contributed by atoms with Crippen LogP contribution in [0.3, 0.4) is 0 Å². The zero-order chi connectivity index (χ0) is 26.5. The molecule has 1 atom stereocenters. The summed E-state index contributed by atoms with van der Waals surface area (Å²) >= 11 is 11.2. The Morgan fingerprint density at radius 3 is 2.41 bits per heavy atom. The van der Waals surface area contributed by atoms with E-state index in [0.29, 0.717) is 43.7 Å². The molecule has 8 heteroatoms. The van der Waals surface area contributed by atoms with Crippen LogP contribution in [0.5, 0.6) is 0 Å². The molecule has 2 N–H and O–H groups in total. The molecule has 3 aromatic carbocycles. The van der Waals surface area contributed by atoms with E-state index in [1.807, 2.05) is 55.5 Å². The van der Waals surface area contributed by atoms with E-state index in [4.69, 9.17) is 11.6 Å². The summed E-state index contributed by atoms with van der Waals surface area (Å²) in [6.45, 7) is 3.71. The molecule has 0 bridgehead atoms. The minimum absolute atomic E-state index is 0.0666. The third kappa shape index (κ3) is 5.99. The van der Waals surface area contributed by atoms with Crippen molar-refractivity contribution in [3.05, 3.63) is 121 Å². The highest BCUT2D eigenvalue weighted by Gasteiger charge is 2.36. The highest BCUT2D eigenvalue weighted by Crippen LogP contribution is 2.43. The number of rotatable bonds is 7. The molecule has 1 amide bonds. The summed E-state index contributed by atoms with van der Waals surface area (Å²) in [7, 11) is 0. The van der Waals surface area contributed by atoms with Crippen LogP contribution in [-0.4, -0.2) is 17.4 Å². The number of carbonyl (C=O) groups is 2. The zero-order valence-corrected chi connectivity index (χ0v) is 23.3. The number of thioether (sulfide) groups is 1. The number of aryl methyl sites for hydroxylation is 1. The SMILES string of the molecule is CC1=C(C(=O)Nc2ccccc2C)[C@@H](c2ccccc2Cl)C(C#N)=C(SCC(=O)c2ccc(Br)cc2)N1. The fraction of sp³-hybridized carbons (Fsp3) is 0.138.